The maximum atomic E-state index is 11.7. The highest BCUT2D eigenvalue weighted by Crippen LogP contribution is 2.08. The largest absolute Gasteiger partial charge is 0.446 e. The number of nitrogens with zero attached hydrogens (tertiary/aromatic N) is 1. The van der Waals surface area contributed by atoms with Crippen molar-refractivity contribution in [2.24, 2.45) is 5.92 Å². The maximum Gasteiger partial charge on any atom is 0.410 e. The summed E-state index contributed by atoms with van der Waals surface area (Å²) < 4.78 is 5.37. The summed E-state index contributed by atoms with van der Waals surface area (Å²) >= 11 is 0. The van der Waals surface area contributed by atoms with Crippen molar-refractivity contribution < 1.29 is 9.53 Å². The Morgan fingerprint density at radius 3 is 1.76 bits per heavy atom. The van der Waals surface area contributed by atoms with Crippen LogP contribution < -0.4 is 0 Å². The quantitative estimate of drug-likeness (QED) is 0.697. The van der Waals surface area contributed by atoms with E-state index in [-0.39, 0.29) is 12.2 Å². The Morgan fingerprint density at radius 2 is 1.47 bits per heavy atom. The minimum atomic E-state index is -0.167. The highest BCUT2D eigenvalue weighted by Gasteiger charge is 2.17. The molecule has 0 fully saturated rings. The smallest absolute Gasteiger partial charge is 0.410 e. The molecule has 0 heterocycles. The van der Waals surface area contributed by atoms with Gasteiger partial charge in [-0.1, -0.05) is 41.5 Å². The van der Waals surface area contributed by atoms with Crippen molar-refractivity contribution in [2.75, 3.05) is 13.1 Å². The van der Waals surface area contributed by atoms with Crippen LogP contribution in [0.25, 0.3) is 0 Å². The first-order valence-corrected chi connectivity index (χ1v) is 6.98. The van der Waals surface area contributed by atoms with Crippen molar-refractivity contribution in [3.8, 4) is 0 Å². The molecule has 1 amide bonds. The van der Waals surface area contributed by atoms with Gasteiger partial charge in [0, 0.05) is 13.1 Å². The predicted octanol–water partition coefficient (Wildman–Crippen LogP) is 4.32. The number of rotatable bonds is 6. The zero-order chi connectivity index (χ0) is 13.8. The lowest BCUT2D eigenvalue weighted by molar-refractivity contribution is 0.0507. The van der Waals surface area contributed by atoms with Crippen molar-refractivity contribution in [2.45, 2.75) is 67.4 Å². The van der Waals surface area contributed by atoms with Crippen LogP contribution in [0.2, 0.25) is 0 Å². The SMILES string of the molecule is CC.CCCN(CCC)C(=O)OC(C)C(C)C. The summed E-state index contributed by atoms with van der Waals surface area (Å²) in [6.45, 7) is 15.8. The van der Waals surface area contributed by atoms with Gasteiger partial charge >= 0.3 is 6.09 Å². The zero-order valence-electron chi connectivity index (χ0n) is 12.7. The summed E-state index contributed by atoms with van der Waals surface area (Å²) in [6, 6.07) is 0. The minimum absolute atomic E-state index is 0.00582. The van der Waals surface area contributed by atoms with Crippen LogP contribution in [0, 0.1) is 5.92 Å². The number of hydrogen-bond acceptors (Lipinski definition) is 2. The molecule has 0 saturated carbocycles. The third kappa shape index (κ3) is 9.02. The van der Waals surface area contributed by atoms with E-state index in [1.807, 2.05) is 20.8 Å². The summed E-state index contributed by atoms with van der Waals surface area (Å²) in [6.07, 6.45) is 1.78. The van der Waals surface area contributed by atoms with E-state index in [0.717, 1.165) is 25.9 Å². The van der Waals surface area contributed by atoms with Crippen LogP contribution in [0.1, 0.15) is 61.3 Å². The van der Waals surface area contributed by atoms with Crippen LogP contribution >= 0.6 is 0 Å². The van der Waals surface area contributed by atoms with E-state index in [2.05, 4.69) is 27.7 Å². The Kier molecular flexibility index (Phi) is 12.9. The molecule has 0 aliphatic rings. The van der Waals surface area contributed by atoms with Gasteiger partial charge in [-0.05, 0) is 25.7 Å². The van der Waals surface area contributed by atoms with Crippen molar-refractivity contribution in [3.05, 3.63) is 0 Å². The Bertz CT molecular complexity index is 175. The van der Waals surface area contributed by atoms with E-state index in [9.17, 15) is 4.79 Å². The fourth-order valence-corrected chi connectivity index (χ4v) is 1.20. The van der Waals surface area contributed by atoms with E-state index in [1.165, 1.54) is 0 Å². The second kappa shape index (κ2) is 11.7. The third-order valence-corrected chi connectivity index (χ3v) is 2.47. The van der Waals surface area contributed by atoms with Gasteiger partial charge < -0.3 is 9.64 Å². The van der Waals surface area contributed by atoms with Crippen molar-refractivity contribution in [1.82, 2.24) is 4.90 Å². The Hall–Kier alpha value is -0.730. The van der Waals surface area contributed by atoms with Crippen LogP contribution in [0.3, 0.4) is 0 Å². The first-order valence-electron chi connectivity index (χ1n) is 6.98. The molecule has 0 aromatic carbocycles. The number of amides is 1. The monoisotopic (exact) mass is 245 g/mol. The molecule has 0 radical (unpaired) electrons. The number of carbonyl (C=O) groups excluding carboxylic acids is 1. The summed E-state index contributed by atoms with van der Waals surface area (Å²) in [5, 5.41) is 0. The van der Waals surface area contributed by atoms with Crippen LogP contribution in [-0.4, -0.2) is 30.2 Å². The van der Waals surface area contributed by atoms with E-state index in [4.69, 9.17) is 4.74 Å². The molecule has 0 rings (SSSR count). The molecule has 1 unspecified atom stereocenters. The molecule has 0 spiro atoms. The lowest BCUT2D eigenvalue weighted by Gasteiger charge is -2.24. The molecule has 3 heteroatoms. The van der Waals surface area contributed by atoms with Gasteiger partial charge in [-0.25, -0.2) is 4.79 Å². The Balaban J connectivity index is 0. The summed E-state index contributed by atoms with van der Waals surface area (Å²) in [7, 11) is 0. The lowest BCUT2D eigenvalue weighted by Crippen LogP contribution is -2.36. The average Bonchev–Trinajstić information content (AvgIpc) is 2.31. The summed E-state index contributed by atoms with van der Waals surface area (Å²) in [4.78, 5) is 13.5. The molecule has 17 heavy (non-hydrogen) atoms. The molecule has 0 aromatic heterocycles. The number of hydrogen-bond donors (Lipinski definition) is 0. The van der Waals surface area contributed by atoms with Gasteiger partial charge in [0.15, 0.2) is 0 Å². The van der Waals surface area contributed by atoms with Gasteiger partial charge in [-0.3, -0.25) is 0 Å². The van der Waals surface area contributed by atoms with E-state index >= 15 is 0 Å². The topological polar surface area (TPSA) is 29.5 Å². The number of carbonyl (C=O) groups is 1. The molecule has 1 atom stereocenters. The standard InChI is InChI=1S/C12H25NO2.C2H6/c1-6-8-13(9-7-2)12(14)15-11(5)10(3)4;1-2/h10-11H,6-9H2,1-5H3;1-2H3. The van der Waals surface area contributed by atoms with Crippen molar-refractivity contribution in [3.63, 3.8) is 0 Å². The van der Waals surface area contributed by atoms with Crippen molar-refractivity contribution >= 4 is 6.09 Å². The van der Waals surface area contributed by atoms with E-state index in [0.29, 0.717) is 5.92 Å². The van der Waals surface area contributed by atoms with Gasteiger partial charge in [0.1, 0.15) is 6.10 Å². The maximum absolute atomic E-state index is 11.7. The molecule has 0 aromatic rings. The van der Waals surface area contributed by atoms with Gasteiger partial charge in [0.2, 0.25) is 0 Å². The third-order valence-electron chi connectivity index (χ3n) is 2.47. The molecule has 3 nitrogen and oxygen atoms in total. The Labute approximate surface area is 108 Å². The van der Waals surface area contributed by atoms with E-state index < -0.39 is 0 Å². The van der Waals surface area contributed by atoms with E-state index in [1.54, 1.807) is 4.90 Å². The second-order valence-electron chi connectivity index (χ2n) is 4.32. The molecular formula is C14H31NO2. The van der Waals surface area contributed by atoms with Crippen molar-refractivity contribution in [1.29, 1.82) is 0 Å². The van der Waals surface area contributed by atoms with Crippen LogP contribution in [-0.2, 0) is 4.74 Å². The predicted molar refractivity (Wildman–Crippen MR) is 74.3 cm³/mol. The molecule has 0 N–H and O–H groups in total. The normalized spacial score (nSPS) is 11.5. The van der Waals surface area contributed by atoms with Crippen LogP contribution in [0.5, 0.6) is 0 Å². The molecule has 0 aliphatic heterocycles. The summed E-state index contributed by atoms with van der Waals surface area (Å²) in [5.41, 5.74) is 0. The fourth-order valence-electron chi connectivity index (χ4n) is 1.20. The second-order valence-corrected chi connectivity index (χ2v) is 4.32. The summed E-state index contributed by atoms with van der Waals surface area (Å²) in [5.74, 6) is 0.374. The van der Waals surface area contributed by atoms with Crippen LogP contribution in [0.15, 0.2) is 0 Å². The van der Waals surface area contributed by atoms with Gasteiger partial charge in [0.25, 0.3) is 0 Å². The molecule has 0 saturated heterocycles. The van der Waals surface area contributed by atoms with Crippen LogP contribution in [0.4, 0.5) is 4.79 Å². The lowest BCUT2D eigenvalue weighted by atomic mass is 10.1. The van der Waals surface area contributed by atoms with Gasteiger partial charge in [0.05, 0.1) is 0 Å². The molecule has 104 valence electrons. The highest BCUT2D eigenvalue weighted by atomic mass is 16.6. The highest BCUT2D eigenvalue weighted by molar-refractivity contribution is 5.67. The minimum Gasteiger partial charge on any atom is -0.446 e. The number of ether oxygens (including phenoxy) is 1. The first kappa shape index (κ1) is 18.6. The molecule has 0 bridgehead atoms. The molecular weight excluding hydrogens is 214 g/mol. The zero-order valence-corrected chi connectivity index (χ0v) is 12.7. The van der Waals surface area contributed by atoms with Gasteiger partial charge in [-0.15, -0.1) is 0 Å². The Morgan fingerprint density at radius 1 is 1.06 bits per heavy atom. The van der Waals surface area contributed by atoms with Gasteiger partial charge in [-0.2, -0.15) is 0 Å². The first-order chi connectivity index (χ1) is 8.02. The average molecular weight is 245 g/mol. The fraction of sp³-hybridized carbons (Fsp3) is 0.929. The molecule has 0 aliphatic carbocycles.